The van der Waals surface area contributed by atoms with Crippen LogP contribution in [0.1, 0.15) is 5.56 Å². The van der Waals surface area contributed by atoms with Crippen LogP contribution in [0.15, 0.2) is 45.9 Å². The van der Waals surface area contributed by atoms with Crippen molar-refractivity contribution in [1.29, 1.82) is 0 Å². The van der Waals surface area contributed by atoms with Gasteiger partial charge in [0.2, 0.25) is 5.43 Å². The molecule has 0 fully saturated rings. The lowest BCUT2D eigenvalue weighted by Gasteiger charge is -2.08. The highest BCUT2D eigenvalue weighted by molar-refractivity contribution is 9.10. The molecule has 5 heteroatoms. The number of anilines is 1. The summed E-state index contributed by atoms with van der Waals surface area (Å²) in [5.74, 6) is 0. The Labute approximate surface area is 112 Å². The summed E-state index contributed by atoms with van der Waals surface area (Å²) in [4.78, 5) is 11.4. The first-order chi connectivity index (χ1) is 8.06. The smallest absolute Gasteiger partial charge is 0.218 e. The number of pyridine rings is 1. The Bertz CT molecular complexity index is 566. The van der Waals surface area contributed by atoms with Gasteiger partial charge in [-0.3, -0.25) is 4.79 Å². The number of hydrogen-bond acceptors (Lipinski definition) is 2. The topological polar surface area (TPSA) is 48.0 Å². The highest BCUT2D eigenvalue weighted by atomic mass is 79.9. The molecule has 2 aromatic rings. The van der Waals surface area contributed by atoms with E-state index < -0.39 is 0 Å². The average molecular weight is 314 g/mol. The summed E-state index contributed by atoms with van der Waals surface area (Å²) in [5.41, 5.74) is 6.75. The van der Waals surface area contributed by atoms with Crippen molar-refractivity contribution in [1.82, 2.24) is 4.57 Å². The van der Waals surface area contributed by atoms with Gasteiger partial charge in [0, 0.05) is 24.0 Å². The molecule has 1 aromatic heterocycles. The van der Waals surface area contributed by atoms with Crippen LogP contribution >= 0.6 is 27.5 Å². The second-order valence-electron chi connectivity index (χ2n) is 3.69. The quantitative estimate of drug-likeness (QED) is 0.926. The number of rotatable bonds is 2. The first-order valence-corrected chi connectivity index (χ1v) is 6.13. The molecular weight excluding hydrogens is 304 g/mol. The van der Waals surface area contributed by atoms with Crippen molar-refractivity contribution in [3.63, 3.8) is 0 Å². The standard InChI is InChI=1S/C12H10BrClN2O/c13-10-6-16(7-11(15)12(10)17)5-8-1-3-9(14)4-2-8/h1-4,6-7H,5,15H2. The summed E-state index contributed by atoms with van der Waals surface area (Å²) >= 11 is 9.00. The van der Waals surface area contributed by atoms with E-state index in [1.54, 1.807) is 12.4 Å². The van der Waals surface area contributed by atoms with E-state index in [-0.39, 0.29) is 11.1 Å². The van der Waals surface area contributed by atoms with Crippen LogP contribution in [-0.4, -0.2) is 4.57 Å². The third-order valence-electron chi connectivity index (χ3n) is 2.34. The summed E-state index contributed by atoms with van der Waals surface area (Å²) in [6, 6.07) is 7.53. The first-order valence-electron chi connectivity index (χ1n) is 4.96. The Kier molecular flexibility index (Phi) is 3.54. The zero-order valence-corrected chi connectivity index (χ0v) is 11.2. The Hall–Kier alpha value is -1.26. The average Bonchev–Trinajstić information content (AvgIpc) is 2.29. The Morgan fingerprint density at radius 3 is 2.47 bits per heavy atom. The van der Waals surface area contributed by atoms with Gasteiger partial charge in [-0.05, 0) is 33.6 Å². The van der Waals surface area contributed by atoms with Crippen LogP contribution in [0.4, 0.5) is 5.69 Å². The van der Waals surface area contributed by atoms with Crippen LogP contribution in [-0.2, 0) is 6.54 Å². The Morgan fingerprint density at radius 1 is 1.24 bits per heavy atom. The molecule has 0 saturated carbocycles. The fourth-order valence-electron chi connectivity index (χ4n) is 1.51. The SMILES string of the molecule is Nc1cn(Cc2ccc(Cl)cc2)cc(Br)c1=O. The van der Waals surface area contributed by atoms with Crippen LogP contribution in [0.3, 0.4) is 0 Å². The van der Waals surface area contributed by atoms with Crippen LogP contribution in [0.5, 0.6) is 0 Å². The predicted octanol–water partition coefficient (Wildman–Crippen LogP) is 2.89. The van der Waals surface area contributed by atoms with Crippen LogP contribution in [0.25, 0.3) is 0 Å². The van der Waals surface area contributed by atoms with Crippen molar-refractivity contribution in [3.8, 4) is 0 Å². The molecule has 0 aliphatic heterocycles. The van der Waals surface area contributed by atoms with Gasteiger partial charge in [0.1, 0.15) is 0 Å². The lowest BCUT2D eigenvalue weighted by molar-refractivity contribution is 0.787. The zero-order chi connectivity index (χ0) is 12.4. The van der Waals surface area contributed by atoms with Gasteiger partial charge in [-0.25, -0.2) is 0 Å². The third kappa shape index (κ3) is 2.90. The molecule has 88 valence electrons. The molecule has 0 bridgehead atoms. The van der Waals surface area contributed by atoms with Gasteiger partial charge in [-0.1, -0.05) is 23.7 Å². The second-order valence-corrected chi connectivity index (χ2v) is 4.98. The predicted molar refractivity (Wildman–Crippen MR) is 73.4 cm³/mol. The molecule has 1 aromatic carbocycles. The monoisotopic (exact) mass is 312 g/mol. The number of halogens is 2. The van der Waals surface area contributed by atoms with Gasteiger partial charge in [0.05, 0.1) is 10.2 Å². The number of nitrogen functional groups attached to an aromatic ring is 1. The van der Waals surface area contributed by atoms with Crippen molar-refractivity contribution >= 4 is 33.2 Å². The number of benzene rings is 1. The summed E-state index contributed by atoms with van der Waals surface area (Å²) < 4.78 is 2.32. The van der Waals surface area contributed by atoms with Crippen molar-refractivity contribution < 1.29 is 0 Å². The van der Waals surface area contributed by atoms with Gasteiger partial charge in [0.15, 0.2) is 0 Å². The van der Waals surface area contributed by atoms with Crippen molar-refractivity contribution in [2.45, 2.75) is 6.54 Å². The summed E-state index contributed by atoms with van der Waals surface area (Å²) in [5, 5.41) is 0.703. The molecule has 0 aliphatic carbocycles. The van der Waals surface area contributed by atoms with E-state index in [9.17, 15) is 4.79 Å². The van der Waals surface area contributed by atoms with Crippen LogP contribution < -0.4 is 11.2 Å². The highest BCUT2D eigenvalue weighted by Crippen LogP contribution is 2.12. The first kappa shape index (κ1) is 12.2. The molecule has 0 atom stereocenters. The van der Waals surface area contributed by atoms with E-state index in [1.807, 2.05) is 28.8 Å². The second kappa shape index (κ2) is 4.94. The molecule has 1 heterocycles. The Balaban J connectivity index is 2.30. The van der Waals surface area contributed by atoms with Gasteiger partial charge in [-0.15, -0.1) is 0 Å². The fraction of sp³-hybridized carbons (Fsp3) is 0.0833. The minimum atomic E-state index is -0.183. The van der Waals surface area contributed by atoms with E-state index in [1.165, 1.54) is 0 Å². The lowest BCUT2D eigenvalue weighted by Crippen LogP contribution is -2.13. The molecule has 0 spiro atoms. The molecule has 17 heavy (non-hydrogen) atoms. The Morgan fingerprint density at radius 2 is 1.88 bits per heavy atom. The van der Waals surface area contributed by atoms with Crippen LogP contribution in [0.2, 0.25) is 5.02 Å². The lowest BCUT2D eigenvalue weighted by atomic mass is 10.2. The van der Waals surface area contributed by atoms with E-state index in [0.717, 1.165) is 5.56 Å². The maximum Gasteiger partial charge on any atom is 0.218 e. The molecule has 0 amide bonds. The minimum Gasteiger partial charge on any atom is -0.394 e. The molecule has 3 nitrogen and oxygen atoms in total. The number of nitrogens with two attached hydrogens (primary N) is 1. The summed E-state index contributed by atoms with van der Waals surface area (Å²) in [7, 11) is 0. The summed E-state index contributed by atoms with van der Waals surface area (Å²) in [6.07, 6.45) is 3.34. The molecule has 0 saturated heterocycles. The molecule has 0 unspecified atom stereocenters. The van der Waals surface area contributed by atoms with Gasteiger partial charge in [0.25, 0.3) is 0 Å². The van der Waals surface area contributed by atoms with Gasteiger partial charge in [-0.2, -0.15) is 0 Å². The van der Waals surface area contributed by atoms with Gasteiger partial charge >= 0.3 is 0 Å². The molecule has 2 N–H and O–H groups in total. The van der Waals surface area contributed by atoms with E-state index in [0.29, 0.717) is 16.0 Å². The minimum absolute atomic E-state index is 0.183. The maximum absolute atomic E-state index is 11.4. The maximum atomic E-state index is 11.4. The van der Waals surface area contributed by atoms with Crippen molar-refractivity contribution in [2.75, 3.05) is 5.73 Å². The molecule has 2 rings (SSSR count). The van der Waals surface area contributed by atoms with E-state index >= 15 is 0 Å². The van der Waals surface area contributed by atoms with Crippen molar-refractivity contribution in [2.24, 2.45) is 0 Å². The molecule has 0 aliphatic rings. The van der Waals surface area contributed by atoms with Crippen molar-refractivity contribution in [3.05, 3.63) is 61.9 Å². The zero-order valence-electron chi connectivity index (χ0n) is 8.86. The fourth-order valence-corrected chi connectivity index (χ4v) is 2.13. The molecular formula is C12H10BrClN2O. The highest BCUT2D eigenvalue weighted by Gasteiger charge is 2.02. The van der Waals surface area contributed by atoms with Crippen LogP contribution in [0, 0.1) is 0 Å². The van der Waals surface area contributed by atoms with E-state index in [4.69, 9.17) is 17.3 Å². The largest absolute Gasteiger partial charge is 0.394 e. The molecule has 0 radical (unpaired) electrons. The van der Waals surface area contributed by atoms with E-state index in [2.05, 4.69) is 15.9 Å². The van der Waals surface area contributed by atoms with Gasteiger partial charge < -0.3 is 10.3 Å². The number of nitrogens with zero attached hydrogens (tertiary/aromatic N) is 1. The number of aromatic nitrogens is 1. The third-order valence-corrected chi connectivity index (χ3v) is 3.16. The number of hydrogen-bond donors (Lipinski definition) is 1. The normalized spacial score (nSPS) is 10.5. The summed E-state index contributed by atoms with van der Waals surface area (Å²) in [6.45, 7) is 0.639.